The van der Waals surface area contributed by atoms with Gasteiger partial charge >= 0.3 is 0 Å². The van der Waals surface area contributed by atoms with Gasteiger partial charge in [-0.05, 0) is 19.1 Å². The summed E-state index contributed by atoms with van der Waals surface area (Å²) in [6.45, 7) is 2.14. The largest absolute Gasteiger partial charge is 0.480 e. The number of rotatable bonds is 3. The zero-order valence-corrected chi connectivity index (χ0v) is 10.4. The fourth-order valence-electron chi connectivity index (χ4n) is 1.98. The molecule has 2 rings (SSSR count). The van der Waals surface area contributed by atoms with Crippen LogP contribution in [0, 0.1) is 5.82 Å². The molecule has 18 heavy (non-hydrogen) atoms. The number of benzene rings is 1. The minimum absolute atomic E-state index is 0.0880. The molecule has 1 aromatic rings. The van der Waals surface area contributed by atoms with E-state index in [1.54, 1.807) is 18.0 Å². The van der Waals surface area contributed by atoms with Crippen molar-refractivity contribution in [1.82, 2.24) is 4.90 Å². The molecule has 0 aromatic heterocycles. The lowest BCUT2D eigenvalue weighted by Crippen LogP contribution is -2.29. The molecule has 1 heterocycles. The molecule has 1 aliphatic heterocycles. The van der Waals surface area contributed by atoms with Crippen LogP contribution >= 0.6 is 0 Å². The number of hydrogen-bond donors (Lipinski definition) is 1. The topological polar surface area (TPSA) is 49.8 Å². The second kappa shape index (κ2) is 4.94. The van der Waals surface area contributed by atoms with E-state index in [2.05, 4.69) is 0 Å². The third-order valence-corrected chi connectivity index (χ3v) is 3.08. The standard InChI is InChI=1S/C13H16FNO3/c1-8(16)10-4-3-9(7-11(10)14)18-12-5-6-15(2)13(12)17/h3-4,7-8,12,16H,5-6H2,1-2H3. The van der Waals surface area contributed by atoms with E-state index >= 15 is 0 Å². The Labute approximate surface area is 105 Å². The van der Waals surface area contributed by atoms with E-state index in [0.717, 1.165) is 0 Å². The van der Waals surface area contributed by atoms with Gasteiger partial charge < -0.3 is 14.7 Å². The fraction of sp³-hybridized carbons (Fsp3) is 0.462. The van der Waals surface area contributed by atoms with Crippen molar-refractivity contribution < 1.29 is 19.0 Å². The monoisotopic (exact) mass is 253 g/mol. The summed E-state index contributed by atoms with van der Waals surface area (Å²) in [5.41, 5.74) is 0.220. The van der Waals surface area contributed by atoms with Crippen LogP contribution in [0.25, 0.3) is 0 Å². The summed E-state index contributed by atoms with van der Waals surface area (Å²) in [6, 6.07) is 4.24. The Morgan fingerprint density at radius 3 is 2.78 bits per heavy atom. The third kappa shape index (κ3) is 2.46. The van der Waals surface area contributed by atoms with E-state index in [-0.39, 0.29) is 11.5 Å². The molecule has 1 N–H and O–H groups in total. The van der Waals surface area contributed by atoms with Gasteiger partial charge in [-0.15, -0.1) is 0 Å². The molecule has 98 valence electrons. The summed E-state index contributed by atoms with van der Waals surface area (Å²) >= 11 is 0. The number of ether oxygens (including phenoxy) is 1. The Kier molecular flexibility index (Phi) is 3.52. The number of likely N-dealkylation sites (N-methyl/N-ethyl adjacent to an activating group) is 1. The molecule has 1 aliphatic rings. The number of aliphatic hydroxyl groups is 1. The van der Waals surface area contributed by atoms with Crippen molar-refractivity contribution in [3.05, 3.63) is 29.6 Å². The van der Waals surface area contributed by atoms with Gasteiger partial charge in [0.2, 0.25) is 0 Å². The second-order valence-corrected chi connectivity index (χ2v) is 4.51. The predicted molar refractivity (Wildman–Crippen MR) is 63.7 cm³/mol. The summed E-state index contributed by atoms with van der Waals surface area (Å²) in [5, 5.41) is 9.31. The van der Waals surface area contributed by atoms with Crippen molar-refractivity contribution in [3.63, 3.8) is 0 Å². The lowest BCUT2D eigenvalue weighted by Gasteiger charge is -2.14. The Hall–Kier alpha value is -1.62. The average Bonchev–Trinajstić information content (AvgIpc) is 2.61. The first-order valence-corrected chi connectivity index (χ1v) is 5.88. The van der Waals surface area contributed by atoms with Crippen molar-refractivity contribution in [2.24, 2.45) is 0 Å². The van der Waals surface area contributed by atoms with Crippen LogP contribution in [0.4, 0.5) is 4.39 Å². The normalized spacial score (nSPS) is 21.2. The third-order valence-electron chi connectivity index (χ3n) is 3.08. The maximum Gasteiger partial charge on any atom is 0.263 e. The van der Waals surface area contributed by atoms with Crippen LogP contribution in [-0.2, 0) is 4.79 Å². The molecule has 2 unspecified atom stereocenters. The van der Waals surface area contributed by atoms with E-state index in [0.29, 0.717) is 18.7 Å². The van der Waals surface area contributed by atoms with Gasteiger partial charge in [-0.2, -0.15) is 0 Å². The van der Waals surface area contributed by atoms with E-state index in [1.807, 2.05) is 0 Å². The van der Waals surface area contributed by atoms with Crippen molar-refractivity contribution in [2.45, 2.75) is 25.6 Å². The highest BCUT2D eigenvalue weighted by atomic mass is 19.1. The zero-order valence-electron chi connectivity index (χ0n) is 10.4. The minimum Gasteiger partial charge on any atom is -0.480 e. The summed E-state index contributed by atoms with van der Waals surface area (Å²) in [5.74, 6) is -0.304. The van der Waals surface area contributed by atoms with Crippen LogP contribution in [0.15, 0.2) is 18.2 Å². The Balaban J connectivity index is 2.11. The van der Waals surface area contributed by atoms with Gasteiger partial charge in [-0.3, -0.25) is 4.79 Å². The van der Waals surface area contributed by atoms with Crippen LogP contribution in [0.3, 0.4) is 0 Å². The molecule has 0 aliphatic carbocycles. The first-order chi connectivity index (χ1) is 8.49. The van der Waals surface area contributed by atoms with Gasteiger partial charge in [0.25, 0.3) is 5.91 Å². The highest BCUT2D eigenvalue weighted by Gasteiger charge is 2.30. The molecule has 1 saturated heterocycles. The second-order valence-electron chi connectivity index (χ2n) is 4.51. The van der Waals surface area contributed by atoms with Crippen LogP contribution in [0.5, 0.6) is 5.75 Å². The predicted octanol–water partition coefficient (Wildman–Crippen LogP) is 1.49. The van der Waals surface area contributed by atoms with E-state index in [9.17, 15) is 14.3 Å². The van der Waals surface area contributed by atoms with Gasteiger partial charge in [0, 0.05) is 31.6 Å². The van der Waals surface area contributed by atoms with Crippen molar-refractivity contribution in [2.75, 3.05) is 13.6 Å². The first kappa shape index (κ1) is 12.8. The van der Waals surface area contributed by atoms with Crippen LogP contribution in [0.1, 0.15) is 25.0 Å². The van der Waals surface area contributed by atoms with Crippen molar-refractivity contribution in [3.8, 4) is 5.75 Å². The van der Waals surface area contributed by atoms with Gasteiger partial charge in [-0.1, -0.05) is 0 Å². The molecule has 0 radical (unpaired) electrons. The molecule has 0 saturated carbocycles. The number of nitrogens with zero attached hydrogens (tertiary/aromatic N) is 1. The maximum atomic E-state index is 13.6. The Bertz CT molecular complexity index is 462. The molecule has 2 atom stereocenters. The summed E-state index contributed by atoms with van der Waals surface area (Å²) in [4.78, 5) is 13.2. The maximum absolute atomic E-state index is 13.6. The van der Waals surface area contributed by atoms with E-state index in [4.69, 9.17) is 4.74 Å². The zero-order chi connectivity index (χ0) is 13.3. The van der Waals surface area contributed by atoms with E-state index in [1.165, 1.54) is 19.1 Å². The van der Waals surface area contributed by atoms with Gasteiger partial charge in [-0.25, -0.2) is 4.39 Å². The quantitative estimate of drug-likeness (QED) is 0.887. The first-order valence-electron chi connectivity index (χ1n) is 5.88. The fourth-order valence-corrected chi connectivity index (χ4v) is 1.98. The summed E-state index contributed by atoms with van der Waals surface area (Å²) < 4.78 is 19.1. The lowest BCUT2D eigenvalue weighted by atomic mass is 10.1. The van der Waals surface area contributed by atoms with Crippen LogP contribution in [0.2, 0.25) is 0 Å². The number of amides is 1. The van der Waals surface area contributed by atoms with Crippen LogP contribution < -0.4 is 4.74 Å². The van der Waals surface area contributed by atoms with Crippen molar-refractivity contribution >= 4 is 5.91 Å². The van der Waals surface area contributed by atoms with E-state index < -0.39 is 18.0 Å². The van der Waals surface area contributed by atoms with Gasteiger partial charge in [0.1, 0.15) is 11.6 Å². The molecule has 4 nitrogen and oxygen atoms in total. The van der Waals surface area contributed by atoms with Crippen LogP contribution in [-0.4, -0.2) is 35.6 Å². The summed E-state index contributed by atoms with van der Waals surface area (Å²) in [7, 11) is 1.71. The Morgan fingerprint density at radius 1 is 1.56 bits per heavy atom. The lowest BCUT2D eigenvalue weighted by molar-refractivity contribution is -0.132. The average molecular weight is 253 g/mol. The highest BCUT2D eigenvalue weighted by molar-refractivity contribution is 5.83. The van der Waals surface area contributed by atoms with Crippen molar-refractivity contribution in [1.29, 1.82) is 0 Å². The number of aliphatic hydroxyl groups excluding tert-OH is 1. The minimum atomic E-state index is -0.863. The summed E-state index contributed by atoms with van der Waals surface area (Å²) in [6.07, 6.45) is -0.792. The molecular weight excluding hydrogens is 237 g/mol. The molecule has 5 heteroatoms. The molecule has 1 fully saturated rings. The molecule has 1 amide bonds. The highest BCUT2D eigenvalue weighted by Crippen LogP contribution is 2.24. The molecule has 0 spiro atoms. The number of likely N-dealkylation sites (tertiary alicyclic amines) is 1. The number of hydrogen-bond acceptors (Lipinski definition) is 3. The molecule has 0 bridgehead atoms. The number of carbonyl (C=O) groups excluding carboxylic acids is 1. The smallest absolute Gasteiger partial charge is 0.263 e. The van der Waals surface area contributed by atoms with Gasteiger partial charge in [0.15, 0.2) is 6.10 Å². The SMILES string of the molecule is CC(O)c1ccc(OC2CCN(C)C2=O)cc1F. The molecule has 1 aromatic carbocycles. The molecular formula is C13H16FNO3. The number of carbonyl (C=O) groups is 1. The Morgan fingerprint density at radius 2 is 2.28 bits per heavy atom. The van der Waals surface area contributed by atoms with Gasteiger partial charge in [0.05, 0.1) is 6.10 Å². The number of halogens is 1.